The van der Waals surface area contributed by atoms with Gasteiger partial charge in [-0.1, -0.05) is 48.5 Å². The highest BCUT2D eigenvalue weighted by atomic mass is 32.1. The second-order valence-corrected chi connectivity index (χ2v) is 12.9. The summed E-state index contributed by atoms with van der Waals surface area (Å²) in [6.07, 6.45) is 1.71. The first kappa shape index (κ1) is 24.2. The van der Waals surface area contributed by atoms with E-state index in [2.05, 4.69) is 76.3 Å². The van der Waals surface area contributed by atoms with Gasteiger partial charge in [-0.05, 0) is 70.9 Å². The van der Waals surface area contributed by atoms with Gasteiger partial charge in [0.1, 0.15) is 10.0 Å². The van der Waals surface area contributed by atoms with Crippen LogP contribution in [0.25, 0.3) is 25.6 Å². The molecule has 0 radical (unpaired) electrons. The summed E-state index contributed by atoms with van der Waals surface area (Å²) in [7, 11) is 0. The van der Waals surface area contributed by atoms with E-state index in [1.807, 2.05) is 12.1 Å². The van der Waals surface area contributed by atoms with Crippen molar-refractivity contribution in [3.8, 4) is 19.5 Å². The standard InChI is InChI=1S/C32H19NO2S4/c34-31-22-5-1-2-6-23(22)32(35)24(31)19-20-9-11-21(12-10-20)33(29-15-13-27(38-29)25-7-3-17-36-25)30-16-14-28(39-30)26-8-4-18-37-26/h1-19H. The summed E-state index contributed by atoms with van der Waals surface area (Å²) in [6, 6.07) is 32.2. The third-order valence-electron chi connectivity index (χ3n) is 6.52. The van der Waals surface area contributed by atoms with Crippen molar-refractivity contribution in [2.24, 2.45) is 0 Å². The molecule has 7 heteroatoms. The van der Waals surface area contributed by atoms with E-state index in [1.165, 1.54) is 19.5 Å². The first-order valence-corrected chi connectivity index (χ1v) is 15.6. The molecule has 0 amide bonds. The molecule has 3 nitrogen and oxygen atoms in total. The highest BCUT2D eigenvalue weighted by molar-refractivity contribution is 7.25. The topological polar surface area (TPSA) is 37.4 Å². The van der Waals surface area contributed by atoms with Crippen LogP contribution in [-0.4, -0.2) is 11.6 Å². The van der Waals surface area contributed by atoms with Crippen molar-refractivity contribution in [3.05, 3.63) is 130 Å². The van der Waals surface area contributed by atoms with Crippen LogP contribution in [0.15, 0.2) is 113 Å². The Morgan fingerprint density at radius 1 is 0.538 bits per heavy atom. The van der Waals surface area contributed by atoms with E-state index in [9.17, 15) is 9.59 Å². The summed E-state index contributed by atoms with van der Waals surface area (Å²) >= 11 is 7.01. The number of fused-ring (bicyclic) bond motifs is 1. The Labute approximate surface area is 241 Å². The van der Waals surface area contributed by atoms with Crippen molar-refractivity contribution >= 4 is 78.7 Å². The van der Waals surface area contributed by atoms with Gasteiger partial charge in [-0.25, -0.2) is 0 Å². The summed E-state index contributed by atoms with van der Waals surface area (Å²) in [6.45, 7) is 0. The van der Waals surface area contributed by atoms with Gasteiger partial charge < -0.3 is 0 Å². The van der Waals surface area contributed by atoms with Gasteiger partial charge in [0.25, 0.3) is 0 Å². The van der Waals surface area contributed by atoms with Crippen molar-refractivity contribution in [2.45, 2.75) is 0 Å². The third kappa shape index (κ3) is 4.43. The van der Waals surface area contributed by atoms with Crippen LogP contribution >= 0.6 is 45.3 Å². The van der Waals surface area contributed by atoms with Crippen LogP contribution in [0.2, 0.25) is 0 Å². The fourth-order valence-electron chi connectivity index (χ4n) is 4.65. The molecule has 2 aromatic carbocycles. The lowest BCUT2D eigenvalue weighted by Crippen LogP contribution is -2.06. The molecule has 4 aromatic heterocycles. The summed E-state index contributed by atoms with van der Waals surface area (Å²) in [4.78, 5) is 33.0. The molecule has 0 unspecified atom stereocenters. The zero-order valence-corrected chi connectivity index (χ0v) is 23.6. The lowest BCUT2D eigenvalue weighted by molar-refractivity contribution is 0.0990. The van der Waals surface area contributed by atoms with Crippen molar-refractivity contribution in [1.82, 2.24) is 0 Å². The molecule has 0 spiro atoms. The number of nitrogens with zero attached hydrogens (tertiary/aromatic N) is 1. The zero-order valence-electron chi connectivity index (χ0n) is 20.4. The molecule has 1 aliphatic rings. The molecule has 6 aromatic rings. The number of carbonyl (C=O) groups is 2. The Balaban J connectivity index is 1.25. The first-order valence-electron chi connectivity index (χ1n) is 12.2. The zero-order chi connectivity index (χ0) is 26.3. The predicted octanol–water partition coefficient (Wildman–Crippen LogP) is 10.2. The van der Waals surface area contributed by atoms with E-state index in [1.54, 1.807) is 75.7 Å². The molecule has 0 saturated carbocycles. The van der Waals surface area contributed by atoms with E-state index < -0.39 is 0 Å². The molecule has 188 valence electrons. The Hall–Kier alpha value is -3.88. The largest absolute Gasteiger partial charge is 0.293 e. The van der Waals surface area contributed by atoms with Gasteiger partial charge in [-0.2, -0.15) is 0 Å². The van der Waals surface area contributed by atoms with Crippen LogP contribution in [0.3, 0.4) is 0 Å². The van der Waals surface area contributed by atoms with E-state index in [0.717, 1.165) is 21.3 Å². The molecular formula is C32H19NO2S4. The summed E-state index contributed by atoms with van der Waals surface area (Å²) in [5.41, 5.74) is 3.02. The second-order valence-electron chi connectivity index (χ2n) is 8.92. The van der Waals surface area contributed by atoms with Crippen LogP contribution in [0, 0.1) is 0 Å². The minimum absolute atomic E-state index is 0.208. The van der Waals surface area contributed by atoms with Gasteiger partial charge in [-0.3, -0.25) is 14.5 Å². The lowest BCUT2D eigenvalue weighted by Gasteiger charge is -2.21. The van der Waals surface area contributed by atoms with Crippen LogP contribution in [0.4, 0.5) is 15.7 Å². The van der Waals surface area contributed by atoms with Crippen molar-refractivity contribution in [1.29, 1.82) is 0 Å². The molecule has 0 saturated heterocycles. The SMILES string of the molecule is O=C1C(=Cc2ccc(N(c3ccc(-c4cccs4)s3)c3ccc(-c4cccs4)s3)cc2)C(=O)c2ccccc21. The Morgan fingerprint density at radius 2 is 1.08 bits per heavy atom. The van der Waals surface area contributed by atoms with E-state index >= 15 is 0 Å². The molecule has 1 aliphatic carbocycles. The molecule has 0 fully saturated rings. The molecule has 39 heavy (non-hydrogen) atoms. The molecule has 7 rings (SSSR count). The fraction of sp³-hybridized carbons (Fsp3) is 0. The normalized spacial score (nSPS) is 12.7. The Kier molecular flexibility index (Phi) is 6.21. The lowest BCUT2D eigenvalue weighted by atomic mass is 10.1. The minimum atomic E-state index is -0.208. The molecule has 0 N–H and O–H groups in total. The molecule has 4 heterocycles. The quantitative estimate of drug-likeness (QED) is 0.146. The maximum absolute atomic E-state index is 12.9. The second kappa shape index (κ2) is 10.0. The number of benzene rings is 2. The average molecular weight is 578 g/mol. The monoisotopic (exact) mass is 577 g/mol. The number of thiophene rings is 4. The number of carbonyl (C=O) groups excluding carboxylic acids is 2. The number of hydrogen-bond acceptors (Lipinski definition) is 7. The van der Waals surface area contributed by atoms with Crippen molar-refractivity contribution in [3.63, 3.8) is 0 Å². The summed E-state index contributed by atoms with van der Waals surface area (Å²) in [5, 5.41) is 6.45. The minimum Gasteiger partial charge on any atom is -0.293 e. The highest BCUT2D eigenvalue weighted by Crippen LogP contribution is 2.46. The van der Waals surface area contributed by atoms with Gasteiger partial charge in [0.15, 0.2) is 11.6 Å². The average Bonchev–Trinajstić information content (AvgIpc) is 3.80. The Bertz CT molecular complexity index is 1730. The smallest absolute Gasteiger partial charge is 0.197 e. The van der Waals surface area contributed by atoms with E-state index in [-0.39, 0.29) is 17.1 Å². The summed E-state index contributed by atoms with van der Waals surface area (Å²) < 4.78 is 0. The van der Waals surface area contributed by atoms with Crippen LogP contribution < -0.4 is 4.90 Å². The molecule has 0 atom stereocenters. The van der Waals surface area contributed by atoms with Gasteiger partial charge >= 0.3 is 0 Å². The molecule has 0 bridgehead atoms. The number of hydrogen-bond donors (Lipinski definition) is 0. The number of allylic oxidation sites excluding steroid dienone is 1. The van der Waals surface area contributed by atoms with Crippen molar-refractivity contribution < 1.29 is 9.59 Å². The van der Waals surface area contributed by atoms with Gasteiger partial charge in [-0.15, -0.1) is 45.3 Å². The van der Waals surface area contributed by atoms with Gasteiger partial charge in [0, 0.05) is 36.3 Å². The highest BCUT2D eigenvalue weighted by Gasteiger charge is 2.32. The van der Waals surface area contributed by atoms with E-state index in [0.29, 0.717) is 11.1 Å². The van der Waals surface area contributed by atoms with Crippen molar-refractivity contribution in [2.75, 3.05) is 4.90 Å². The fourth-order valence-corrected chi connectivity index (χ4v) is 8.46. The number of anilines is 3. The number of rotatable bonds is 6. The molecule has 0 aliphatic heterocycles. The van der Waals surface area contributed by atoms with Crippen LogP contribution in [0.1, 0.15) is 26.3 Å². The maximum Gasteiger partial charge on any atom is 0.197 e. The third-order valence-corrected chi connectivity index (χ3v) is 10.8. The number of ketones is 2. The van der Waals surface area contributed by atoms with Crippen LogP contribution in [-0.2, 0) is 0 Å². The maximum atomic E-state index is 12.9. The van der Waals surface area contributed by atoms with Crippen LogP contribution in [0.5, 0.6) is 0 Å². The van der Waals surface area contributed by atoms with Gasteiger partial charge in [0.05, 0.1) is 5.57 Å². The van der Waals surface area contributed by atoms with E-state index in [4.69, 9.17) is 0 Å². The summed E-state index contributed by atoms with van der Waals surface area (Å²) in [5.74, 6) is -0.415. The Morgan fingerprint density at radius 3 is 1.56 bits per heavy atom. The predicted molar refractivity (Wildman–Crippen MR) is 167 cm³/mol. The number of Topliss-reactive ketones (excluding diaryl/α,β-unsaturated/α-hetero) is 2. The first-order chi connectivity index (χ1) is 19.2. The van der Waals surface area contributed by atoms with Gasteiger partial charge in [0.2, 0.25) is 0 Å². The molecular weight excluding hydrogens is 559 g/mol.